The van der Waals surface area contributed by atoms with Crippen LogP contribution in [0.15, 0.2) is 0 Å². The van der Waals surface area contributed by atoms with Crippen molar-refractivity contribution in [1.29, 1.82) is 0 Å². The molecule has 0 spiro atoms. The van der Waals surface area contributed by atoms with Crippen molar-refractivity contribution in [3.05, 3.63) is 10.6 Å². The molecular weight excluding hydrogens is 266 g/mol. The minimum Gasteiger partial charge on any atom is -0.351 e. The molecule has 4 heteroatoms. The Morgan fingerprint density at radius 3 is 2.55 bits per heavy atom. The highest BCUT2D eigenvalue weighted by Gasteiger charge is 2.34. The van der Waals surface area contributed by atoms with Gasteiger partial charge in [0.1, 0.15) is 0 Å². The van der Waals surface area contributed by atoms with Crippen LogP contribution in [0.5, 0.6) is 0 Å². The molecule has 1 aromatic heterocycles. The second-order valence-electron chi connectivity index (χ2n) is 7.15. The van der Waals surface area contributed by atoms with Gasteiger partial charge in [-0.1, -0.05) is 34.6 Å². The fourth-order valence-electron chi connectivity index (χ4n) is 2.53. The summed E-state index contributed by atoms with van der Waals surface area (Å²) < 4.78 is 0. The minimum atomic E-state index is 0.118. The van der Waals surface area contributed by atoms with Crippen molar-refractivity contribution in [3.8, 4) is 0 Å². The molecular formula is C16H29N3S. The summed E-state index contributed by atoms with van der Waals surface area (Å²) in [5.74, 6) is 1.78. The standard InChI is InChI=1S/C16H29N3S/c1-7-17-9-13-14(16(3,4)5)18-15(20-13)19(6)10-12-8-11(12)2/h11-12,17H,7-10H2,1-6H3. The lowest BCUT2D eigenvalue weighted by Crippen LogP contribution is -2.21. The maximum absolute atomic E-state index is 4.94. The summed E-state index contributed by atoms with van der Waals surface area (Å²) in [6, 6.07) is 0. The Bertz CT molecular complexity index is 447. The molecule has 1 saturated carbocycles. The minimum absolute atomic E-state index is 0.118. The van der Waals surface area contributed by atoms with Gasteiger partial charge in [-0.25, -0.2) is 4.98 Å². The van der Waals surface area contributed by atoms with Gasteiger partial charge in [0.15, 0.2) is 5.13 Å². The van der Waals surface area contributed by atoms with Gasteiger partial charge in [0.05, 0.1) is 5.69 Å². The van der Waals surface area contributed by atoms with E-state index in [1.54, 1.807) is 0 Å². The molecule has 1 aromatic rings. The lowest BCUT2D eigenvalue weighted by Gasteiger charge is -2.18. The number of hydrogen-bond donors (Lipinski definition) is 1. The molecule has 20 heavy (non-hydrogen) atoms. The molecule has 114 valence electrons. The Hall–Kier alpha value is -0.610. The molecule has 3 nitrogen and oxygen atoms in total. The number of rotatable bonds is 6. The molecule has 1 fully saturated rings. The fraction of sp³-hybridized carbons (Fsp3) is 0.812. The Labute approximate surface area is 127 Å². The molecule has 1 aliphatic rings. The molecule has 0 saturated heterocycles. The van der Waals surface area contributed by atoms with Crippen LogP contribution in [0.1, 0.15) is 51.6 Å². The summed E-state index contributed by atoms with van der Waals surface area (Å²) >= 11 is 1.86. The van der Waals surface area contributed by atoms with E-state index in [2.05, 4.69) is 51.9 Å². The highest BCUT2D eigenvalue weighted by Crippen LogP contribution is 2.40. The quantitative estimate of drug-likeness (QED) is 0.868. The Kier molecular flexibility index (Phi) is 4.75. The maximum Gasteiger partial charge on any atom is 0.185 e. The van der Waals surface area contributed by atoms with Crippen LogP contribution >= 0.6 is 11.3 Å². The lowest BCUT2D eigenvalue weighted by atomic mass is 9.91. The van der Waals surface area contributed by atoms with Gasteiger partial charge in [-0.3, -0.25) is 0 Å². The third-order valence-electron chi connectivity index (χ3n) is 4.04. The number of nitrogens with zero attached hydrogens (tertiary/aromatic N) is 2. The van der Waals surface area contributed by atoms with Crippen molar-refractivity contribution in [2.45, 2.75) is 53.0 Å². The fourth-order valence-corrected chi connectivity index (χ4v) is 3.74. The van der Waals surface area contributed by atoms with Crippen LogP contribution in [0, 0.1) is 11.8 Å². The zero-order valence-electron chi connectivity index (χ0n) is 13.8. The number of anilines is 1. The Morgan fingerprint density at radius 1 is 1.40 bits per heavy atom. The van der Waals surface area contributed by atoms with Gasteiger partial charge in [0.2, 0.25) is 0 Å². The van der Waals surface area contributed by atoms with E-state index in [-0.39, 0.29) is 5.41 Å². The molecule has 0 amide bonds. The van der Waals surface area contributed by atoms with Crippen molar-refractivity contribution in [3.63, 3.8) is 0 Å². The number of hydrogen-bond acceptors (Lipinski definition) is 4. The van der Waals surface area contributed by atoms with Crippen LogP contribution in [0.3, 0.4) is 0 Å². The van der Waals surface area contributed by atoms with E-state index in [9.17, 15) is 0 Å². The monoisotopic (exact) mass is 295 g/mol. The molecule has 1 aliphatic carbocycles. The zero-order valence-corrected chi connectivity index (χ0v) is 14.6. The molecule has 1 N–H and O–H groups in total. The van der Waals surface area contributed by atoms with Crippen LogP contribution in [0.2, 0.25) is 0 Å². The largest absolute Gasteiger partial charge is 0.351 e. The van der Waals surface area contributed by atoms with Gasteiger partial charge >= 0.3 is 0 Å². The van der Waals surface area contributed by atoms with E-state index in [0.717, 1.165) is 31.5 Å². The van der Waals surface area contributed by atoms with Crippen molar-refractivity contribution < 1.29 is 0 Å². The molecule has 1 heterocycles. The van der Waals surface area contributed by atoms with E-state index in [0.29, 0.717) is 0 Å². The van der Waals surface area contributed by atoms with Gasteiger partial charge in [-0.05, 0) is 24.8 Å². The first-order valence-electron chi connectivity index (χ1n) is 7.75. The van der Waals surface area contributed by atoms with Crippen LogP contribution in [-0.2, 0) is 12.0 Å². The molecule has 0 aliphatic heterocycles. The topological polar surface area (TPSA) is 28.2 Å². The predicted molar refractivity (Wildman–Crippen MR) is 88.7 cm³/mol. The van der Waals surface area contributed by atoms with Crippen molar-refractivity contribution in [2.75, 3.05) is 25.0 Å². The first-order valence-corrected chi connectivity index (χ1v) is 8.56. The number of aromatic nitrogens is 1. The third kappa shape index (κ3) is 3.73. The van der Waals surface area contributed by atoms with Crippen LogP contribution in [-0.4, -0.2) is 25.1 Å². The first kappa shape index (κ1) is 15.8. The maximum atomic E-state index is 4.94. The van der Waals surface area contributed by atoms with E-state index >= 15 is 0 Å². The molecule has 2 atom stereocenters. The summed E-state index contributed by atoms with van der Waals surface area (Å²) in [5.41, 5.74) is 1.38. The lowest BCUT2D eigenvalue weighted by molar-refractivity contribution is 0.560. The normalized spacial score (nSPS) is 22.1. The summed E-state index contributed by atoms with van der Waals surface area (Å²) in [6.07, 6.45) is 1.38. The summed E-state index contributed by atoms with van der Waals surface area (Å²) in [7, 11) is 2.19. The molecule has 0 radical (unpaired) electrons. The van der Waals surface area contributed by atoms with Crippen LogP contribution in [0.25, 0.3) is 0 Å². The summed E-state index contributed by atoms with van der Waals surface area (Å²) in [6.45, 7) is 14.4. The van der Waals surface area contributed by atoms with Gasteiger partial charge in [0.25, 0.3) is 0 Å². The van der Waals surface area contributed by atoms with Crippen molar-refractivity contribution in [1.82, 2.24) is 10.3 Å². The average molecular weight is 295 g/mol. The molecule has 0 bridgehead atoms. The number of thiazole rings is 1. The number of nitrogens with one attached hydrogen (secondary N) is 1. The Morgan fingerprint density at radius 2 is 2.05 bits per heavy atom. The molecule has 0 aromatic carbocycles. The van der Waals surface area contributed by atoms with Gasteiger partial charge in [-0.15, -0.1) is 11.3 Å². The van der Waals surface area contributed by atoms with Crippen molar-refractivity contribution in [2.24, 2.45) is 11.8 Å². The second-order valence-corrected chi connectivity index (χ2v) is 8.21. The third-order valence-corrected chi connectivity index (χ3v) is 5.21. The van der Waals surface area contributed by atoms with E-state index in [4.69, 9.17) is 4.98 Å². The highest BCUT2D eigenvalue weighted by atomic mass is 32.1. The Balaban J connectivity index is 2.14. The average Bonchev–Trinajstić information content (AvgIpc) is 2.89. The second kappa shape index (κ2) is 6.02. The van der Waals surface area contributed by atoms with E-state index in [1.165, 1.54) is 22.1 Å². The summed E-state index contributed by atoms with van der Waals surface area (Å²) in [5, 5.41) is 4.62. The van der Waals surface area contributed by atoms with Crippen LogP contribution < -0.4 is 10.2 Å². The van der Waals surface area contributed by atoms with Gasteiger partial charge in [-0.2, -0.15) is 0 Å². The van der Waals surface area contributed by atoms with Gasteiger partial charge in [0, 0.05) is 30.4 Å². The highest BCUT2D eigenvalue weighted by molar-refractivity contribution is 7.15. The van der Waals surface area contributed by atoms with Crippen LogP contribution in [0.4, 0.5) is 5.13 Å². The van der Waals surface area contributed by atoms with Gasteiger partial charge < -0.3 is 10.2 Å². The summed E-state index contributed by atoms with van der Waals surface area (Å²) in [4.78, 5) is 8.69. The molecule has 2 unspecified atom stereocenters. The predicted octanol–water partition coefficient (Wildman–Crippen LogP) is 3.64. The SMILES string of the molecule is CCNCc1sc(N(C)CC2CC2C)nc1C(C)(C)C. The smallest absolute Gasteiger partial charge is 0.185 e. The van der Waals surface area contributed by atoms with E-state index < -0.39 is 0 Å². The zero-order chi connectivity index (χ0) is 14.9. The molecule has 2 rings (SSSR count). The van der Waals surface area contributed by atoms with E-state index in [1.807, 2.05) is 11.3 Å². The van der Waals surface area contributed by atoms with Crippen molar-refractivity contribution >= 4 is 16.5 Å². The first-order chi connectivity index (χ1) is 9.32.